The van der Waals surface area contributed by atoms with E-state index in [0.717, 1.165) is 10.6 Å². The smallest absolute Gasteiger partial charge is 0.271 e. The van der Waals surface area contributed by atoms with Crippen molar-refractivity contribution >= 4 is 32.8 Å². The van der Waals surface area contributed by atoms with Gasteiger partial charge in [-0.3, -0.25) is 14.9 Å². The number of amides is 1. The fourth-order valence-corrected chi connectivity index (χ4v) is 5.65. The number of hydrogen-bond acceptors (Lipinski definition) is 6. The molecule has 1 aliphatic rings. The number of aryl methyl sites for hydroxylation is 3. The first-order chi connectivity index (χ1) is 13.0. The van der Waals surface area contributed by atoms with Crippen LogP contribution in [0.3, 0.4) is 0 Å². The zero-order valence-corrected chi connectivity index (χ0v) is 16.6. The van der Waals surface area contributed by atoms with E-state index in [1.54, 1.807) is 26.0 Å². The van der Waals surface area contributed by atoms with Crippen LogP contribution in [-0.4, -0.2) is 30.2 Å². The molecule has 1 heterocycles. The summed E-state index contributed by atoms with van der Waals surface area (Å²) in [5.41, 5.74) is 2.38. The van der Waals surface area contributed by atoms with Gasteiger partial charge in [-0.1, -0.05) is 17.7 Å². The molecule has 0 aliphatic carbocycles. The summed E-state index contributed by atoms with van der Waals surface area (Å²) in [5.74, 6) is -0.703. The Morgan fingerprint density at radius 3 is 2.07 bits per heavy atom. The first kappa shape index (κ1) is 19.7. The highest BCUT2D eigenvalue weighted by Gasteiger charge is 2.45. The minimum absolute atomic E-state index is 0.133. The van der Waals surface area contributed by atoms with E-state index < -0.39 is 25.9 Å². The number of hydrogen-bond donors (Lipinski definition) is 0. The van der Waals surface area contributed by atoms with Crippen molar-refractivity contribution in [2.45, 2.75) is 37.8 Å². The maximum Gasteiger partial charge on any atom is 0.271 e. The number of benzene rings is 2. The van der Waals surface area contributed by atoms with Crippen molar-refractivity contribution in [1.82, 2.24) is 0 Å². The third-order valence-corrected chi connectivity index (χ3v) is 6.95. The van der Waals surface area contributed by atoms with Gasteiger partial charge >= 0.3 is 0 Å². The van der Waals surface area contributed by atoms with Crippen LogP contribution < -0.4 is 5.01 Å². The molecular weight excluding hydrogens is 382 g/mol. The summed E-state index contributed by atoms with van der Waals surface area (Å²) in [7, 11) is -4.01. The largest absolute Gasteiger partial charge is 0.271 e. The first-order valence-corrected chi connectivity index (χ1v) is 10.0. The summed E-state index contributed by atoms with van der Waals surface area (Å²) in [5, 5.41) is 14.5. The number of nitrogens with zero attached hydrogens (tertiary/aromatic N) is 3. The average molecular weight is 401 g/mol. The highest BCUT2D eigenvalue weighted by atomic mass is 32.2. The third-order valence-electron chi connectivity index (χ3n) is 4.57. The van der Waals surface area contributed by atoms with Gasteiger partial charge in [-0.25, -0.2) is 8.42 Å². The first-order valence-electron chi connectivity index (χ1n) is 8.49. The van der Waals surface area contributed by atoms with E-state index in [1.165, 1.54) is 31.2 Å². The van der Waals surface area contributed by atoms with Crippen molar-refractivity contribution in [3.05, 3.63) is 63.2 Å². The van der Waals surface area contributed by atoms with Crippen LogP contribution in [-0.2, 0) is 14.6 Å². The fourth-order valence-electron chi connectivity index (χ4n) is 3.54. The zero-order valence-electron chi connectivity index (χ0n) is 15.8. The highest BCUT2D eigenvalue weighted by molar-refractivity contribution is 7.93. The lowest BCUT2D eigenvalue weighted by atomic mass is 10.1. The second-order valence-electron chi connectivity index (χ2n) is 6.82. The maximum atomic E-state index is 13.3. The average Bonchev–Trinajstić information content (AvgIpc) is 2.88. The predicted octanol–water partition coefficient (Wildman–Crippen LogP) is 3.09. The van der Waals surface area contributed by atoms with Crippen molar-refractivity contribution in [2.24, 2.45) is 5.10 Å². The Bertz CT molecular complexity index is 1100. The van der Waals surface area contributed by atoms with E-state index in [1.807, 2.05) is 6.92 Å². The van der Waals surface area contributed by atoms with Crippen LogP contribution in [0.5, 0.6) is 0 Å². The van der Waals surface area contributed by atoms with Gasteiger partial charge < -0.3 is 0 Å². The van der Waals surface area contributed by atoms with Crippen molar-refractivity contribution in [3.63, 3.8) is 0 Å². The molecule has 0 fully saturated rings. The minimum Gasteiger partial charge on any atom is -0.271 e. The SMILES string of the molecule is CC1=NN(c2ccc([N+](=O)[O-])cc2)C(=O)C1S(=O)(=O)c1c(C)cc(C)cc1C. The van der Waals surface area contributed by atoms with Crippen molar-refractivity contribution in [1.29, 1.82) is 0 Å². The van der Waals surface area contributed by atoms with Gasteiger partial charge in [0.1, 0.15) is 0 Å². The predicted molar refractivity (Wildman–Crippen MR) is 105 cm³/mol. The number of anilines is 1. The second-order valence-corrected chi connectivity index (χ2v) is 8.79. The van der Waals surface area contributed by atoms with E-state index >= 15 is 0 Å². The standard InChI is InChI=1S/C19H19N3O5S/c1-11-9-12(2)17(13(3)10-11)28(26,27)18-14(4)20-21(19(18)23)15-5-7-16(8-6-15)22(24)25/h5-10,18H,1-4H3. The van der Waals surface area contributed by atoms with Gasteiger partial charge in [-0.05, 0) is 51.0 Å². The van der Waals surface area contributed by atoms with Gasteiger partial charge in [-0.2, -0.15) is 10.1 Å². The Morgan fingerprint density at radius 2 is 1.57 bits per heavy atom. The van der Waals surface area contributed by atoms with Gasteiger partial charge in [0.25, 0.3) is 11.6 Å². The Balaban J connectivity index is 2.02. The molecule has 28 heavy (non-hydrogen) atoms. The lowest BCUT2D eigenvalue weighted by Gasteiger charge is -2.17. The van der Waals surface area contributed by atoms with Crippen LogP contribution in [0, 0.1) is 30.9 Å². The van der Waals surface area contributed by atoms with Crippen molar-refractivity contribution in [3.8, 4) is 0 Å². The van der Waals surface area contributed by atoms with E-state index in [9.17, 15) is 23.3 Å². The normalized spacial score (nSPS) is 17.0. The number of nitro groups is 1. The molecule has 1 atom stereocenters. The number of nitro benzene ring substituents is 1. The number of carbonyl (C=O) groups is 1. The van der Waals surface area contributed by atoms with E-state index in [4.69, 9.17) is 0 Å². The molecule has 0 aromatic heterocycles. The van der Waals surface area contributed by atoms with E-state index in [-0.39, 0.29) is 22.0 Å². The van der Waals surface area contributed by atoms with Gasteiger partial charge in [0, 0.05) is 12.1 Å². The molecule has 1 aliphatic heterocycles. The Labute approximate surface area is 162 Å². The number of non-ortho nitro benzene ring substituents is 1. The molecule has 3 rings (SSSR count). The van der Waals surface area contributed by atoms with E-state index in [0.29, 0.717) is 11.1 Å². The van der Waals surface area contributed by atoms with Crippen LogP contribution in [0.15, 0.2) is 46.4 Å². The van der Waals surface area contributed by atoms with Crippen molar-refractivity contribution < 1.29 is 18.1 Å². The molecule has 0 radical (unpaired) electrons. The lowest BCUT2D eigenvalue weighted by molar-refractivity contribution is -0.384. The molecule has 1 amide bonds. The van der Waals surface area contributed by atoms with Gasteiger partial charge in [0.2, 0.25) is 0 Å². The number of rotatable bonds is 4. The second kappa shape index (κ2) is 6.83. The summed E-state index contributed by atoms with van der Waals surface area (Å²) in [6, 6.07) is 8.74. The van der Waals surface area contributed by atoms with Gasteiger partial charge in [-0.15, -0.1) is 0 Å². The Morgan fingerprint density at radius 1 is 1.04 bits per heavy atom. The summed E-state index contributed by atoms with van der Waals surface area (Å²) >= 11 is 0. The maximum absolute atomic E-state index is 13.3. The van der Waals surface area contributed by atoms with Crippen LogP contribution in [0.1, 0.15) is 23.6 Å². The number of carbonyl (C=O) groups excluding carboxylic acids is 1. The van der Waals surface area contributed by atoms with Crippen LogP contribution in [0.25, 0.3) is 0 Å². The van der Waals surface area contributed by atoms with Crippen LogP contribution >= 0.6 is 0 Å². The molecule has 0 bridgehead atoms. The monoisotopic (exact) mass is 401 g/mol. The summed E-state index contributed by atoms with van der Waals surface area (Å²) in [4.78, 5) is 23.3. The van der Waals surface area contributed by atoms with Crippen LogP contribution in [0.4, 0.5) is 11.4 Å². The number of sulfone groups is 1. The molecule has 1 unspecified atom stereocenters. The van der Waals surface area contributed by atoms with Gasteiger partial charge in [0.05, 0.1) is 21.2 Å². The zero-order chi connectivity index (χ0) is 20.8. The Kier molecular flexibility index (Phi) is 4.80. The van der Waals surface area contributed by atoms with Crippen LogP contribution in [0.2, 0.25) is 0 Å². The number of hydrazone groups is 1. The summed E-state index contributed by atoms with van der Waals surface area (Å²) in [6.07, 6.45) is 0. The Hall–Kier alpha value is -3.07. The third kappa shape index (κ3) is 3.18. The van der Waals surface area contributed by atoms with E-state index in [2.05, 4.69) is 5.10 Å². The van der Waals surface area contributed by atoms with Gasteiger partial charge in [0.15, 0.2) is 15.1 Å². The lowest BCUT2D eigenvalue weighted by Crippen LogP contribution is -2.38. The van der Waals surface area contributed by atoms with Crippen molar-refractivity contribution in [2.75, 3.05) is 5.01 Å². The quantitative estimate of drug-likeness (QED) is 0.577. The summed E-state index contributed by atoms with van der Waals surface area (Å²) in [6.45, 7) is 6.77. The highest BCUT2D eigenvalue weighted by Crippen LogP contribution is 2.31. The molecule has 0 spiro atoms. The molecule has 8 nitrogen and oxygen atoms in total. The minimum atomic E-state index is -4.01. The molecular formula is C19H19N3O5S. The molecule has 146 valence electrons. The fraction of sp³-hybridized carbons (Fsp3) is 0.263. The summed E-state index contributed by atoms with van der Waals surface area (Å²) < 4.78 is 26.6. The molecule has 0 saturated heterocycles. The molecule has 0 saturated carbocycles. The molecule has 2 aromatic rings. The molecule has 2 aromatic carbocycles. The molecule has 9 heteroatoms. The molecule has 0 N–H and O–H groups in total. The topological polar surface area (TPSA) is 110 Å².